The second-order valence-electron chi connectivity index (χ2n) is 5.06. The quantitative estimate of drug-likeness (QED) is 0.712. The molecule has 1 saturated heterocycles. The normalized spacial score (nSPS) is 18.1. The molecule has 0 aromatic heterocycles. The van der Waals surface area contributed by atoms with E-state index in [1.165, 1.54) is 19.2 Å². The van der Waals surface area contributed by atoms with E-state index in [1.807, 2.05) is 0 Å². The minimum absolute atomic E-state index is 0.0363. The Kier molecular flexibility index (Phi) is 5.76. The summed E-state index contributed by atoms with van der Waals surface area (Å²) < 4.78 is 32.3. The van der Waals surface area contributed by atoms with E-state index in [0.29, 0.717) is 19.7 Å². The Hall–Kier alpha value is -1.64. The minimum Gasteiger partial charge on any atom is -0.377 e. The van der Waals surface area contributed by atoms with Gasteiger partial charge in [-0.3, -0.25) is 0 Å². The minimum atomic E-state index is -3.53. The van der Waals surface area contributed by atoms with Crippen LogP contribution < -0.4 is 15.4 Å². The summed E-state index contributed by atoms with van der Waals surface area (Å²) in [5.74, 6) is 0. The molecule has 8 heteroatoms. The van der Waals surface area contributed by atoms with Gasteiger partial charge in [-0.15, -0.1) is 0 Å². The molecule has 1 aliphatic heterocycles. The van der Waals surface area contributed by atoms with Crippen molar-refractivity contribution in [2.45, 2.75) is 30.4 Å². The Balaban J connectivity index is 1.91. The van der Waals surface area contributed by atoms with Crippen LogP contribution in [0, 0.1) is 0 Å². The average molecular weight is 327 g/mol. The van der Waals surface area contributed by atoms with E-state index in [0.717, 1.165) is 18.4 Å². The van der Waals surface area contributed by atoms with E-state index in [9.17, 15) is 13.2 Å². The van der Waals surface area contributed by atoms with E-state index < -0.39 is 10.0 Å². The van der Waals surface area contributed by atoms with Gasteiger partial charge in [-0.2, -0.15) is 0 Å². The first-order valence-electron chi connectivity index (χ1n) is 7.17. The molecule has 0 aliphatic carbocycles. The number of amides is 2. The third-order valence-electron chi connectivity index (χ3n) is 3.44. The van der Waals surface area contributed by atoms with Gasteiger partial charge < -0.3 is 15.4 Å². The highest BCUT2D eigenvalue weighted by atomic mass is 32.2. The highest BCUT2D eigenvalue weighted by Crippen LogP contribution is 2.14. The van der Waals surface area contributed by atoms with Crippen molar-refractivity contribution < 1.29 is 17.9 Å². The van der Waals surface area contributed by atoms with Gasteiger partial charge in [0.2, 0.25) is 10.0 Å². The summed E-state index contributed by atoms with van der Waals surface area (Å²) in [4.78, 5) is 11.3. The molecule has 2 rings (SSSR count). The maximum absolute atomic E-state index is 12.2. The zero-order valence-electron chi connectivity index (χ0n) is 12.5. The van der Waals surface area contributed by atoms with Crippen LogP contribution in [0.15, 0.2) is 29.2 Å². The van der Waals surface area contributed by atoms with E-state index in [4.69, 9.17) is 4.74 Å². The Morgan fingerprint density at radius 1 is 1.32 bits per heavy atom. The van der Waals surface area contributed by atoms with Crippen molar-refractivity contribution in [1.29, 1.82) is 0 Å². The van der Waals surface area contributed by atoms with E-state index in [1.54, 1.807) is 12.1 Å². The molecule has 0 saturated carbocycles. The maximum atomic E-state index is 12.2. The molecule has 1 heterocycles. The molecule has 1 atom stereocenters. The van der Waals surface area contributed by atoms with Crippen LogP contribution >= 0.6 is 0 Å². The highest BCUT2D eigenvalue weighted by Gasteiger charge is 2.20. The van der Waals surface area contributed by atoms with Gasteiger partial charge in [0.05, 0.1) is 11.0 Å². The van der Waals surface area contributed by atoms with Crippen LogP contribution in [0.3, 0.4) is 0 Å². The van der Waals surface area contributed by atoms with Crippen molar-refractivity contribution in [1.82, 2.24) is 15.4 Å². The summed E-state index contributed by atoms with van der Waals surface area (Å²) in [5, 5.41) is 5.08. The zero-order chi connectivity index (χ0) is 16.0. The third-order valence-corrected chi connectivity index (χ3v) is 4.88. The second-order valence-corrected chi connectivity index (χ2v) is 6.83. The summed E-state index contributed by atoms with van der Waals surface area (Å²) >= 11 is 0. The topological polar surface area (TPSA) is 96.5 Å². The van der Waals surface area contributed by atoms with Gasteiger partial charge in [-0.05, 0) is 30.5 Å². The second kappa shape index (κ2) is 7.57. The van der Waals surface area contributed by atoms with Crippen molar-refractivity contribution in [2.75, 3.05) is 20.2 Å². The first-order chi connectivity index (χ1) is 10.5. The summed E-state index contributed by atoms with van der Waals surface area (Å²) in [6.07, 6.45) is 1.82. The molecular weight excluding hydrogens is 306 g/mol. The monoisotopic (exact) mass is 327 g/mol. The van der Waals surface area contributed by atoms with Gasteiger partial charge in [-0.1, -0.05) is 12.1 Å². The smallest absolute Gasteiger partial charge is 0.314 e. The van der Waals surface area contributed by atoms with Gasteiger partial charge in [0, 0.05) is 26.7 Å². The predicted molar refractivity (Wildman–Crippen MR) is 81.9 cm³/mol. The molecule has 7 nitrogen and oxygen atoms in total. The standard InChI is InChI=1S/C14H21N3O4S/c1-15-14(18)16-9-11-4-6-13(7-5-11)22(19,20)17-10-12-3-2-8-21-12/h4-7,12,17H,2-3,8-10H2,1H3,(H2,15,16,18)/t12-/m1/s1. The fraction of sp³-hybridized carbons (Fsp3) is 0.500. The van der Waals surface area contributed by atoms with E-state index in [-0.39, 0.29) is 17.0 Å². The molecule has 0 bridgehead atoms. The first kappa shape index (κ1) is 16.7. The number of rotatable bonds is 6. The lowest BCUT2D eigenvalue weighted by Gasteiger charge is -2.12. The number of carbonyl (C=O) groups excluding carboxylic acids is 1. The summed E-state index contributed by atoms with van der Waals surface area (Å²) in [7, 11) is -2.00. The van der Waals surface area contributed by atoms with Gasteiger partial charge in [-0.25, -0.2) is 17.9 Å². The molecule has 0 radical (unpaired) electrons. The van der Waals surface area contributed by atoms with Crippen molar-refractivity contribution in [3.05, 3.63) is 29.8 Å². The van der Waals surface area contributed by atoms with Gasteiger partial charge >= 0.3 is 6.03 Å². The van der Waals surface area contributed by atoms with Crippen LogP contribution in [0.25, 0.3) is 0 Å². The number of urea groups is 1. The van der Waals surface area contributed by atoms with Crippen molar-refractivity contribution in [3.63, 3.8) is 0 Å². The Bertz CT molecular complexity index is 595. The van der Waals surface area contributed by atoms with Gasteiger partial charge in [0.1, 0.15) is 0 Å². The van der Waals surface area contributed by atoms with Gasteiger partial charge in [0.15, 0.2) is 0 Å². The molecule has 1 fully saturated rings. The molecule has 22 heavy (non-hydrogen) atoms. The maximum Gasteiger partial charge on any atom is 0.314 e. The highest BCUT2D eigenvalue weighted by molar-refractivity contribution is 7.89. The SMILES string of the molecule is CNC(=O)NCc1ccc(S(=O)(=O)NC[C@H]2CCCO2)cc1. The number of carbonyl (C=O) groups is 1. The van der Waals surface area contributed by atoms with Crippen molar-refractivity contribution in [2.24, 2.45) is 0 Å². The number of hydrogen-bond acceptors (Lipinski definition) is 4. The largest absolute Gasteiger partial charge is 0.377 e. The Labute approximate surface area is 130 Å². The van der Waals surface area contributed by atoms with Crippen LogP contribution in [0.1, 0.15) is 18.4 Å². The fourth-order valence-corrected chi connectivity index (χ4v) is 3.21. The summed E-state index contributed by atoms with van der Waals surface area (Å²) in [6.45, 7) is 1.32. The number of sulfonamides is 1. The molecular formula is C14H21N3O4S. The number of hydrogen-bond donors (Lipinski definition) is 3. The molecule has 2 amide bonds. The zero-order valence-corrected chi connectivity index (χ0v) is 13.3. The van der Waals surface area contributed by atoms with Crippen molar-refractivity contribution in [3.8, 4) is 0 Å². The Morgan fingerprint density at radius 3 is 2.64 bits per heavy atom. The summed E-state index contributed by atoms with van der Waals surface area (Å²) in [6, 6.07) is 6.12. The molecule has 1 aliphatic rings. The predicted octanol–water partition coefficient (Wildman–Crippen LogP) is 0.573. The lowest BCUT2D eigenvalue weighted by Crippen LogP contribution is -2.32. The van der Waals surface area contributed by atoms with Crippen LogP contribution in [-0.4, -0.2) is 40.8 Å². The molecule has 3 N–H and O–H groups in total. The van der Waals surface area contributed by atoms with Gasteiger partial charge in [0.25, 0.3) is 0 Å². The lowest BCUT2D eigenvalue weighted by molar-refractivity contribution is 0.114. The van der Waals surface area contributed by atoms with E-state index in [2.05, 4.69) is 15.4 Å². The third kappa shape index (κ3) is 4.69. The molecule has 0 unspecified atom stereocenters. The van der Waals surface area contributed by atoms with Crippen LogP contribution in [0.2, 0.25) is 0 Å². The lowest BCUT2D eigenvalue weighted by atomic mass is 10.2. The number of nitrogens with one attached hydrogen (secondary N) is 3. The first-order valence-corrected chi connectivity index (χ1v) is 8.65. The number of ether oxygens (including phenoxy) is 1. The molecule has 0 spiro atoms. The fourth-order valence-electron chi connectivity index (χ4n) is 2.15. The van der Waals surface area contributed by atoms with Crippen molar-refractivity contribution >= 4 is 16.1 Å². The molecule has 122 valence electrons. The molecule has 1 aromatic carbocycles. The average Bonchev–Trinajstić information content (AvgIpc) is 3.04. The summed E-state index contributed by atoms with van der Waals surface area (Å²) in [5.41, 5.74) is 0.821. The van der Waals surface area contributed by atoms with Crippen LogP contribution in [-0.2, 0) is 21.3 Å². The number of benzene rings is 1. The van der Waals surface area contributed by atoms with E-state index >= 15 is 0 Å². The van der Waals surface area contributed by atoms with Crippen LogP contribution in [0.5, 0.6) is 0 Å². The van der Waals surface area contributed by atoms with Crippen LogP contribution in [0.4, 0.5) is 4.79 Å². The Morgan fingerprint density at radius 2 is 2.05 bits per heavy atom. The molecule has 1 aromatic rings.